The number of hydrogen-bond donors (Lipinski definition) is 0. The first-order valence-corrected chi connectivity index (χ1v) is 5.99. The Morgan fingerprint density at radius 1 is 0.762 bits per heavy atom. The highest BCUT2D eigenvalue weighted by molar-refractivity contribution is 5.96. The number of fused-ring (bicyclic) bond motifs is 1. The maximum Gasteiger partial charge on any atom is 0.200 e. The molecule has 1 nitrogen and oxygen atoms in total. The summed E-state index contributed by atoms with van der Waals surface area (Å²) in [6.45, 7) is 0. The minimum Gasteiger partial charge on any atom is -0.350 e. The zero-order valence-electron chi connectivity index (χ0n) is 10.7. The Kier molecular flexibility index (Phi) is 2.97. The number of aryl methyl sites for hydroxylation is 1. The van der Waals surface area contributed by atoms with Crippen LogP contribution in [0.15, 0.2) is 30.5 Å². The van der Waals surface area contributed by atoms with Gasteiger partial charge < -0.3 is 4.57 Å². The van der Waals surface area contributed by atoms with Gasteiger partial charge in [0, 0.05) is 29.7 Å². The number of para-hydroxylation sites is 1. The molecule has 0 N–H and O–H groups in total. The van der Waals surface area contributed by atoms with Crippen LogP contribution >= 0.6 is 0 Å². The second-order valence-electron chi connectivity index (χ2n) is 4.62. The maximum absolute atomic E-state index is 13.9. The second kappa shape index (κ2) is 4.58. The van der Waals surface area contributed by atoms with E-state index in [9.17, 15) is 22.0 Å². The highest BCUT2D eigenvalue weighted by Gasteiger charge is 2.28. The predicted molar refractivity (Wildman–Crippen MR) is 68.1 cm³/mol. The van der Waals surface area contributed by atoms with Crippen LogP contribution in [0.25, 0.3) is 22.0 Å². The molecule has 0 saturated heterocycles. The average molecular weight is 297 g/mol. The van der Waals surface area contributed by atoms with E-state index in [0.717, 1.165) is 0 Å². The molecule has 0 atom stereocenters. The summed E-state index contributed by atoms with van der Waals surface area (Å²) in [5.41, 5.74) is -0.333. The van der Waals surface area contributed by atoms with E-state index in [1.165, 1.54) is 6.20 Å². The van der Waals surface area contributed by atoms with Crippen molar-refractivity contribution in [2.24, 2.45) is 7.05 Å². The molecule has 0 aliphatic rings. The predicted octanol–water partition coefficient (Wildman–Crippen LogP) is 4.54. The van der Waals surface area contributed by atoms with Crippen LogP contribution in [0.3, 0.4) is 0 Å². The molecule has 2 aromatic carbocycles. The van der Waals surface area contributed by atoms with E-state index in [4.69, 9.17) is 0 Å². The molecule has 0 fully saturated rings. The molecule has 0 unspecified atom stereocenters. The average Bonchev–Trinajstić information content (AvgIpc) is 2.81. The zero-order chi connectivity index (χ0) is 15.3. The van der Waals surface area contributed by atoms with Gasteiger partial charge in [0.1, 0.15) is 0 Å². The summed E-state index contributed by atoms with van der Waals surface area (Å²) in [5, 5.41) is 0.406. The standard InChI is InChI=1S/C15H8F5N/c1-21-6-8(7-4-2-3-5-9(7)21)10-11(16)13(18)15(20)14(19)12(10)17/h2-6H,1H3. The second-order valence-corrected chi connectivity index (χ2v) is 4.62. The van der Waals surface area contributed by atoms with E-state index < -0.39 is 34.6 Å². The van der Waals surface area contributed by atoms with Gasteiger partial charge in [0.15, 0.2) is 23.3 Å². The van der Waals surface area contributed by atoms with Gasteiger partial charge in [-0.25, -0.2) is 22.0 Å². The van der Waals surface area contributed by atoms with Crippen LogP contribution in [0.1, 0.15) is 0 Å². The number of rotatable bonds is 1. The molecule has 0 amide bonds. The lowest BCUT2D eigenvalue weighted by molar-refractivity contribution is 0.381. The topological polar surface area (TPSA) is 4.93 Å². The first-order valence-electron chi connectivity index (χ1n) is 5.99. The highest BCUT2D eigenvalue weighted by atomic mass is 19.2. The van der Waals surface area contributed by atoms with Crippen LogP contribution in [0.2, 0.25) is 0 Å². The van der Waals surface area contributed by atoms with Crippen LogP contribution in [0.5, 0.6) is 0 Å². The minimum absolute atomic E-state index is 0.0408. The van der Waals surface area contributed by atoms with Gasteiger partial charge in [-0.1, -0.05) is 18.2 Å². The molecule has 0 aliphatic carbocycles. The molecular formula is C15H8F5N. The summed E-state index contributed by atoms with van der Waals surface area (Å²) in [6.07, 6.45) is 1.34. The molecule has 3 aromatic rings. The smallest absolute Gasteiger partial charge is 0.200 e. The number of aromatic nitrogens is 1. The molecule has 0 bridgehead atoms. The van der Waals surface area contributed by atoms with Gasteiger partial charge in [-0.05, 0) is 6.07 Å². The van der Waals surface area contributed by atoms with E-state index in [2.05, 4.69) is 0 Å². The lowest BCUT2D eigenvalue weighted by atomic mass is 10.0. The molecule has 108 valence electrons. The molecule has 1 aromatic heterocycles. The van der Waals surface area contributed by atoms with Crippen molar-refractivity contribution in [2.45, 2.75) is 0 Å². The van der Waals surface area contributed by atoms with Gasteiger partial charge in [0.25, 0.3) is 0 Å². The van der Waals surface area contributed by atoms with Crippen molar-refractivity contribution < 1.29 is 22.0 Å². The molecule has 1 heterocycles. The van der Waals surface area contributed by atoms with Crippen LogP contribution in [0.4, 0.5) is 22.0 Å². The maximum atomic E-state index is 13.9. The Hall–Kier alpha value is -2.37. The van der Waals surface area contributed by atoms with Gasteiger partial charge >= 0.3 is 0 Å². The number of nitrogens with zero attached hydrogens (tertiary/aromatic N) is 1. The van der Waals surface area contributed by atoms with Gasteiger partial charge in [-0.2, -0.15) is 0 Å². The lowest BCUT2D eigenvalue weighted by Crippen LogP contribution is -2.03. The number of halogens is 5. The van der Waals surface area contributed by atoms with Crippen LogP contribution < -0.4 is 0 Å². The normalized spacial score (nSPS) is 11.3. The Morgan fingerprint density at radius 3 is 1.90 bits per heavy atom. The highest BCUT2D eigenvalue weighted by Crippen LogP contribution is 2.36. The quantitative estimate of drug-likeness (QED) is 0.353. The molecule has 0 saturated carbocycles. The Bertz CT molecular complexity index is 837. The SMILES string of the molecule is Cn1cc(-c2c(F)c(F)c(F)c(F)c2F)c2ccccc21. The van der Waals surface area contributed by atoms with Gasteiger partial charge in [-0.15, -0.1) is 0 Å². The van der Waals surface area contributed by atoms with E-state index in [-0.39, 0.29) is 5.56 Å². The van der Waals surface area contributed by atoms with Crippen molar-refractivity contribution in [2.75, 3.05) is 0 Å². The molecule has 6 heteroatoms. The largest absolute Gasteiger partial charge is 0.350 e. The van der Waals surface area contributed by atoms with E-state index in [1.807, 2.05) is 0 Å². The third-order valence-corrected chi connectivity index (χ3v) is 3.38. The fourth-order valence-electron chi connectivity index (χ4n) is 2.38. The summed E-state index contributed by atoms with van der Waals surface area (Å²) in [7, 11) is 1.62. The Balaban J connectivity index is 2.44. The monoisotopic (exact) mass is 297 g/mol. The summed E-state index contributed by atoms with van der Waals surface area (Å²) in [6, 6.07) is 6.58. The van der Waals surface area contributed by atoms with Crippen LogP contribution in [-0.2, 0) is 7.05 Å². The van der Waals surface area contributed by atoms with Crippen LogP contribution in [-0.4, -0.2) is 4.57 Å². The van der Waals surface area contributed by atoms with Crippen molar-refractivity contribution in [3.63, 3.8) is 0 Å². The fraction of sp³-hybridized carbons (Fsp3) is 0.0667. The van der Waals surface area contributed by atoms with E-state index >= 15 is 0 Å². The number of benzene rings is 2. The summed E-state index contributed by atoms with van der Waals surface area (Å²) < 4.78 is 69.1. The van der Waals surface area contributed by atoms with Crippen molar-refractivity contribution in [3.05, 3.63) is 59.5 Å². The minimum atomic E-state index is -2.16. The van der Waals surface area contributed by atoms with Crippen molar-refractivity contribution in [1.82, 2.24) is 4.57 Å². The van der Waals surface area contributed by atoms with E-state index in [0.29, 0.717) is 10.9 Å². The number of hydrogen-bond acceptors (Lipinski definition) is 0. The Labute approximate surface area is 116 Å². The molecule has 0 radical (unpaired) electrons. The molecule has 0 spiro atoms. The third-order valence-electron chi connectivity index (χ3n) is 3.38. The first kappa shape index (κ1) is 13.6. The summed E-state index contributed by atoms with van der Waals surface area (Å²) >= 11 is 0. The zero-order valence-corrected chi connectivity index (χ0v) is 10.7. The van der Waals surface area contributed by atoms with E-state index in [1.54, 1.807) is 35.9 Å². The van der Waals surface area contributed by atoms with Gasteiger partial charge in [-0.3, -0.25) is 0 Å². The molecule has 21 heavy (non-hydrogen) atoms. The fourth-order valence-corrected chi connectivity index (χ4v) is 2.38. The van der Waals surface area contributed by atoms with Gasteiger partial charge in [0.2, 0.25) is 5.82 Å². The van der Waals surface area contributed by atoms with Crippen molar-refractivity contribution in [1.29, 1.82) is 0 Å². The molecular weight excluding hydrogens is 289 g/mol. The molecule has 3 rings (SSSR count). The van der Waals surface area contributed by atoms with Crippen LogP contribution in [0, 0.1) is 29.1 Å². The first-order chi connectivity index (χ1) is 9.93. The summed E-state index contributed by atoms with van der Waals surface area (Å²) in [4.78, 5) is 0. The lowest BCUT2D eigenvalue weighted by Gasteiger charge is -2.07. The van der Waals surface area contributed by atoms with Gasteiger partial charge in [0.05, 0.1) is 5.56 Å². The summed E-state index contributed by atoms with van der Waals surface area (Å²) in [5.74, 6) is -9.71. The third kappa shape index (κ3) is 1.82. The van der Waals surface area contributed by atoms with Crippen molar-refractivity contribution >= 4 is 10.9 Å². The Morgan fingerprint density at radius 2 is 1.29 bits per heavy atom. The van der Waals surface area contributed by atoms with Crippen molar-refractivity contribution in [3.8, 4) is 11.1 Å². The molecule has 0 aliphatic heterocycles.